The summed E-state index contributed by atoms with van der Waals surface area (Å²) in [5.41, 5.74) is 5.30. The van der Waals surface area contributed by atoms with Crippen molar-refractivity contribution in [2.75, 3.05) is 0 Å². The summed E-state index contributed by atoms with van der Waals surface area (Å²) in [6.45, 7) is 13.0. The van der Waals surface area contributed by atoms with E-state index in [1.54, 1.807) is 0 Å². The summed E-state index contributed by atoms with van der Waals surface area (Å²) < 4.78 is 6.20. The van der Waals surface area contributed by atoms with Crippen LogP contribution >= 0.6 is 0 Å². The van der Waals surface area contributed by atoms with E-state index in [1.165, 1.54) is 28.7 Å². The molecule has 0 N–H and O–H groups in total. The lowest BCUT2D eigenvalue weighted by atomic mass is 9.90. The number of benzene rings is 1. The van der Waals surface area contributed by atoms with E-state index in [9.17, 15) is 0 Å². The van der Waals surface area contributed by atoms with Crippen LogP contribution in [0.25, 0.3) is 5.57 Å². The second kappa shape index (κ2) is 5.40. The third-order valence-corrected chi connectivity index (χ3v) is 5.35. The molecule has 2 atom stereocenters. The number of rotatable bonds is 3. The molecule has 1 aliphatic carbocycles. The van der Waals surface area contributed by atoms with E-state index in [-0.39, 0.29) is 11.0 Å². The molecule has 1 aromatic carbocycles. The molecule has 0 radical (unpaired) electrons. The van der Waals surface area contributed by atoms with Crippen molar-refractivity contribution >= 4 is 5.57 Å². The van der Waals surface area contributed by atoms with E-state index in [1.807, 2.05) is 0 Å². The second-order valence-corrected chi connectivity index (χ2v) is 7.86. The van der Waals surface area contributed by atoms with Crippen molar-refractivity contribution in [3.8, 4) is 5.75 Å². The highest BCUT2D eigenvalue weighted by molar-refractivity contribution is 5.72. The number of allylic oxidation sites excluding steroid dienone is 5. The zero-order valence-electron chi connectivity index (χ0n) is 15.2. The molecule has 1 aromatic rings. The maximum atomic E-state index is 6.20. The van der Waals surface area contributed by atoms with Crippen LogP contribution in [0.3, 0.4) is 0 Å². The van der Waals surface area contributed by atoms with Crippen LogP contribution in [0.15, 0.2) is 48.1 Å². The topological polar surface area (TPSA) is 9.23 Å². The summed E-state index contributed by atoms with van der Waals surface area (Å²) in [5.74, 6) is 1.66. The van der Waals surface area contributed by atoms with Crippen LogP contribution in [0.5, 0.6) is 5.75 Å². The molecule has 0 spiro atoms. The molecular weight excluding hydrogens is 280 g/mol. The molecule has 2 aliphatic rings. The summed E-state index contributed by atoms with van der Waals surface area (Å²) in [4.78, 5) is 0. The Labute approximate surface area is 140 Å². The molecule has 1 fully saturated rings. The summed E-state index contributed by atoms with van der Waals surface area (Å²) in [7, 11) is 0. The van der Waals surface area contributed by atoms with Crippen molar-refractivity contribution in [2.24, 2.45) is 5.92 Å². The van der Waals surface area contributed by atoms with Crippen molar-refractivity contribution in [2.45, 2.75) is 59.0 Å². The summed E-state index contributed by atoms with van der Waals surface area (Å²) in [6.07, 6.45) is 10.2. The van der Waals surface area contributed by atoms with E-state index >= 15 is 0 Å². The van der Waals surface area contributed by atoms with Gasteiger partial charge < -0.3 is 4.74 Å². The summed E-state index contributed by atoms with van der Waals surface area (Å²) >= 11 is 0. The first-order valence-corrected chi connectivity index (χ1v) is 8.60. The number of fused-ring (bicyclic) bond motifs is 1. The van der Waals surface area contributed by atoms with Crippen LogP contribution < -0.4 is 4.74 Å². The Kier molecular flexibility index (Phi) is 3.78. The van der Waals surface area contributed by atoms with Crippen LogP contribution in [0.1, 0.15) is 59.1 Å². The first kappa shape index (κ1) is 16.1. The lowest BCUT2D eigenvalue weighted by Gasteiger charge is -2.31. The molecule has 0 bridgehead atoms. The first-order chi connectivity index (χ1) is 10.7. The molecule has 1 heterocycles. The largest absolute Gasteiger partial charge is 0.483 e. The SMILES string of the molecule is C/C=C(C)/C=C/[C@@H]1C[C@]1(C)c1ccc2c(c1)OC(C)(C)C=C2C. The van der Waals surface area contributed by atoms with Gasteiger partial charge in [-0.3, -0.25) is 0 Å². The average Bonchev–Trinajstić information content (AvgIpc) is 3.15. The highest BCUT2D eigenvalue weighted by Crippen LogP contribution is 2.56. The molecule has 23 heavy (non-hydrogen) atoms. The van der Waals surface area contributed by atoms with E-state index in [4.69, 9.17) is 4.74 Å². The Morgan fingerprint density at radius 2 is 2.00 bits per heavy atom. The van der Waals surface area contributed by atoms with E-state index < -0.39 is 0 Å². The van der Waals surface area contributed by atoms with Gasteiger partial charge in [-0.25, -0.2) is 0 Å². The van der Waals surface area contributed by atoms with Gasteiger partial charge in [0.15, 0.2) is 0 Å². The molecule has 0 unspecified atom stereocenters. The minimum atomic E-state index is -0.220. The standard InChI is InChI=1S/C22H28O/c1-7-15(2)8-9-18-14-22(18,6)17-10-11-19-16(3)13-21(4,5)23-20(19)12-17/h7-13,18H,14H2,1-6H3/b9-8+,15-7+/t18-,22-/m1/s1. The highest BCUT2D eigenvalue weighted by atomic mass is 16.5. The minimum Gasteiger partial charge on any atom is -0.483 e. The third kappa shape index (κ3) is 3.02. The van der Waals surface area contributed by atoms with Crippen LogP contribution in [-0.4, -0.2) is 5.60 Å². The fraction of sp³-hybridized carbons (Fsp3) is 0.455. The molecule has 1 saturated carbocycles. The van der Waals surface area contributed by atoms with Gasteiger partial charge in [0.2, 0.25) is 0 Å². The molecule has 122 valence electrons. The van der Waals surface area contributed by atoms with Crippen LogP contribution in [0.4, 0.5) is 0 Å². The van der Waals surface area contributed by atoms with Crippen molar-refractivity contribution in [3.63, 3.8) is 0 Å². The lowest BCUT2D eigenvalue weighted by Crippen LogP contribution is -2.28. The Morgan fingerprint density at radius 1 is 1.26 bits per heavy atom. The van der Waals surface area contributed by atoms with Crippen molar-refractivity contribution in [1.29, 1.82) is 0 Å². The van der Waals surface area contributed by atoms with Gasteiger partial charge >= 0.3 is 0 Å². The molecule has 0 aromatic heterocycles. The van der Waals surface area contributed by atoms with Gasteiger partial charge in [0, 0.05) is 5.56 Å². The molecule has 1 nitrogen and oxygen atoms in total. The maximum absolute atomic E-state index is 6.20. The Balaban J connectivity index is 1.87. The second-order valence-electron chi connectivity index (χ2n) is 7.86. The normalized spacial score (nSPS) is 29.0. The maximum Gasteiger partial charge on any atom is 0.128 e. The number of hydrogen-bond acceptors (Lipinski definition) is 1. The third-order valence-electron chi connectivity index (χ3n) is 5.35. The summed E-state index contributed by atoms with van der Waals surface area (Å²) in [6, 6.07) is 6.78. The Morgan fingerprint density at radius 3 is 2.70 bits per heavy atom. The van der Waals surface area contributed by atoms with Gasteiger partial charge in [-0.1, -0.05) is 42.9 Å². The smallest absolute Gasteiger partial charge is 0.128 e. The van der Waals surface area contributed by atoms with Crippen molar-refractivity contribution in [1.82, 2.24) is 0 Å². The number of hydrogen-bond donors (Lipinski definition) is 0. The summed E-state index contributed by atoms with van der Waals surface area (Å²) in [5, 5.41) is 0. The predicted octanol–water partition coefficient (Wildman–Crippen LogP) is 6.06. The van der Waals surface area contributed by atoms with Gasteiger partial charge in [-0.05, 0) is 75.7 Å². The molecule has 0 saturated heterocycles. The molecule has 0 amide bonds. The number of ether oxygens (including phenoxy) is 1. The first-order valence-electron chi connectivity index (χ1n) is 8.60. The zero-order valence-corrected chi connectivity index (χ0v) is 15.2. The van der Waals surface area contributed by atoms with Crippen LogP contribution in [0.2, 0.25) is 0 Å². The fourth-order valence-electron chi connectivity index (χ4n) is 3.57. The van der Waals surface area contributed by atoms with E-state index in [0.29, 0.717) is 5.92 Å². The molecule has 1 aliphatic heterocycles. The fourth-order valence-corrected chi connectivity index (χ4v) is 3.57. The Bertz CT molecular complexity index is 717. The van der Waals surface area contributed by atoms with E-state index in [2.05, 4.69) is 84.0 Å². The van der Waals surface area contributed by atoms with Crippen LogP contribution in [-0.2, 0) is 5.41 Å². The van der Waals surface area contributed by atoms with Gasteiger partial charge in [-0.2, -0.15) is 0 Å². The monoisotopic (exact) mass is 308 g/mol. The Hall–Kier alpha value is -1.76. The van der Waals surface area contributed by atoms with Crippen molar-refractivity contribution < 1.29 is 4.74 Å². The molecule has 3 rings (SSSR count). The minimum absolute atomic E-state index is 0.220. The van der Waals surface area contributed by atoms with Gasteiger partial charge in [0.25, 0.3) is 0 Å². The van der Waals surface area contributed by atoms with Gasteiger partial charge in [-0.15, -0.1) is 0 Å². The quantitative estimate of drug-likeness (QED) is 0.617. The molecular formula is C22H28O. The van der Waals surface area contributed by atoms with Gasteiger partial charge in [0.1, 0.15) is 11.4 Å². The van der Waals surface area contributed by atoms with Crippen LogP contribution in [0, 0.1) is 5.92 Å². The van der Waals surface area contributed by atoms with Gasteiger partial charge in [0.05, 0.1) is 0 Å². The predicted molar refractivity (Wildman–Crippen MR) is 98.8 cm³/mol. The average molecular weight is 308 g/mol. The van der Waals surface area contributed by atoms with Crippen molar-refractivity contribution in [3.05, 3.63) is 59.2 Å². The highest BCUT2D eigenvalue weighted by Gasteiger charge is 2.49. The molecule has 1 heteroatoms. The zero-order chi connectivity index (χ0) is 16.8. The lowest BCUT2D eigenvalue weighted by molar-refractivity contribution is 0.158. The van der Waals surface area contributed by atoms with E-state index in [0.717, 1.165) is 5.75 Å².